The molecule has 6 nitrogen and oxygen atoms in total. The predicted octanol–water partition coefficient (Wildman–Crippen LogP) is 18.0. The van der Waals surface area contributed by atoms with Crippen LogP contribution in [0.4, 0.5) is 0 Å². The van der Waals surface area contributed by atoms with Gasteiger partial charge in [0, 0.05) is 19.3 Å². The lowest BCUT2D eigenvalue weighted by molar-refractivity contribution is -0.166. The summed E-state index contributed by atoms with van der Waals surface area (Å²) in [4.78, 5) is 38.0. The van der Waals surface area contributed by atoms with Gasteiger partial charge in [0.25, 0.3) is 0 Å². The molecule has 380 valence electrons. The Hall–Kier alpha value is -4.71. The van der Waals surface area contributed by atoms with E-state index in [0.717, 1.165) is 96.3 Å². The second-order valence-corrected chi connectivity index (χ2v) is 17.1. The quantitative estimate of drug-likeness (QED) is 0.0199. The zero-order chi connectivity index (χ0) is 49.3. The Kier molecular flexibility index (Phi) is 51.1. The van der Waals surface area contributed by atoms with E-state index in [1.807, 2.05) is 18.2 Å². The monoisotopic (exact) mass is 937 g/mol. The van der Waals surface area contributed by atoms with Gasteiger partial charge in [0.15, 0.2) is 6.10 Å². The standard InChI is InChI=1S/C62H96O6/c1-4-7-10-13-16-19-22-25-27-29-31-33-34-37-40-43-46-49-52-55-61(64)67-58-59(57-66-60(63)54-51-48-45-42-39-36-24-21-18-15-12-9-6-3)68-62(65)56-53-50-47-44-41-38-35-32-30-28-26-23-20-17-14-11-8-5-2/h7,10,16-17,19-20,23,25-28,30-33,35-37,39-40,45-46,48-49,59H,4-6,8-9,11-15,18,21-22,24,29,34,38,41-44,47,50-58H2,1-3H3/b10-7+,19-16+,20-17+,26-23+,27-25+,30-28+,33-31+,35-32+,39-36+,40-37+,48-45+,49-46+. The highest BCUT2D eigenvalue weighted by molar-refractivity contribution is 5.71. The molecule has 6 heteroatoms. The van der Waals surface area contributed by atoms with E-state index in [1.54, 1.807) is 0 Å². The molecule has 68 heavy (non-hydrogen) atoms. The van der Waals surface area contributed by atoms with Crippen molar-refractivity contribution in [3.63, 3.8) is 0 Å². The van der Waals surface area contributed by atoms with E-state index < -0.39 is 6.10 Å². The molecule has 0 aromatic heterocycles. The number of hydrogen-bond acceptors (Lipinski definition) is 6. The summed E-state index contributed by atoms with van der Waals surface area (Å²) < 4.78 is 16.7. The highest BCUT2D eigenvalue weighted by Gasteiger charge is 2.19. The molecular weight excluding hydrogens is 841 g/mol. The molecule has 0 N–H and O–H groups in total. The van der Waals surface area contributed by atoms with Gasteiger partial charge in [-0.25, -0.2) is 0 Å². The molecule has 0 bridgehead atoms. The number of carbonyl (C=O) groups is 3. The van der Waals surface area contributed by atoms with Crippen molar-refractivity contribution in [3.8, 4) is 0 Å². The summed E-state index contributed by atoms with van der Waals surface area (Å²) in [5.74, 6) is -1.13. The first-order valence-electron chi connectivity index (χ1n) is 26.9. The van der Waals surface area contributed by atoms with E-state index in [9.17, 15) is 14.4 Å². The average molecular weight is 937 g/mol. The van der Waals surface area contributed by atoms with Gasteiger partial charge < -0.3 is 14.2 Å². The summed E-state index contributed by atoms with van der Waals surface area (Å²) in [5, 5.41) is 0. The zero-order valence-electron chi connectivity index (χ0n) is 43.3. The van der Waals surface area contributed by atoms with Crippen molar-refractivity contribution in [2.45, 2.75) is 213 Å². The van der Waals surface area contributed by atoms with Gasteiger partial charge in [-0.15, -0.1) is 0 Å². The van der Waals surface area contributed by atoms with Crippen LogP contribution in [0.25, 0.3) is 0 Å². The fraction of sp³-hybridized carbons (Fsp3) is 0.565. The van der Waals surface area contributed by atoms with Gasteiger partial charge in [-0.05, 0) is 103 Å². The van der Waals surface area contributed by atoms with Gasteiger partial charge in [-0.3, -0.25) is 14.4 Å². The first-order valence-corrected chi connectivity index (χ1v) is 26.9. The van der Waals surface area contributed by atoms with Crippen LogP contribution >= 0.6 is 0 Å². The minimum Gasteiger partial charge on any atom is -0.462 e. The Morgan fingerprint density at radius 1 is 0.324 bits per heavy atom. The van der Waals surface area contributed by atoms with Gasteiger partial charge in [0.05, 0.1) is 0 Å². The molecule has 0 radical (unpaired) electrons. The minimum absolute atomic E-state index is 0.148. The first kappa shape index (κ1) is 63.3. The van der Waals surface area contributed by atoms with Crippen molar-refractivity contribution in [3.05, 3.63) is 146 Å². The molecule has 0 saturated carbocycles. The van der Waals surface area contributed by atoms with Crippen LogP contribution in [0.5, 0.6) is 0 Å². The van der Waals surface area contributed by atoms with Crippen LogP contribution in [0.3, 0.4) is 0 Å². The number of hydrogen-bond donors (Lipinski definition) is 0. The van der Waals surface area contributed by atoms with Crippen LogP contribution in [-0.2, 0) is 28.6 Å². The van der Waals surface area contributed by atoms with Gasteiger partial charge in [0.1, 0.15) is 13.2 Å². The van der Waals surface area contributed by atoms with Crippen molar-refractivity contribution in [1.82, 2.24) is 0 Å². The Labute approximate surface area is 417 Å². The van der Waals surface area contributed by atoms with E-state index in [2.05, 4.69) is 148 Å². The average Bonchev–Trinajstić information content (AvgIpc) is 3.34. The Morgan fingerprint density at radius 3 is 1.12 bits per heavy atom. The maximum absolute atomic E-state index is 12.8. The summed E-state index contributed by atoms with van der Waals surface area (Å²) in [6.07, 6.45) is 78.5. The molecule has 0 fully saturated rings. The lowest BCUT2D eigenvalue weighted by Gasteiger charge is -2.18. The van der Waals surface area contributed by atoms with Crippen molar-refractivity contribution >= 4 is 17.9 Å². The summed E-state index contributed by atoms with van der Waals surface area (Å²) in [6, 6.07) is 0. The molecule has 1 atom stereocenters. The largest absolute Gasteiger partial charge is 0.462 e. The summed E-state index contributed by atoms with van der Waals surface area (Å²) in [5.41, 5.74) is 0. The van der Waals surface area contributed by atoms with Crippen molar-refractivity contribution in [1.29, 1.82) is 0 Å². The van der Waals surface area contributed by atoms with Gasteiger partial charge in [-0.1, -0.05) is 231 Å². The van der Waals surface area contributed by atoms with Crippen molar-refractivity contribution < 1.29 is 28.6 Å². The Balaban J connectivity index is 4.64. The molecule has 0 spiro atoms. The highest BCUT2D eigenvalue weighted by Crippen LogP contribution is 2.11. The molecule has 0 aromatic carbocycles. The molecule has 0 aliphatic rings. The van der Waals surface area contributed by atoms with Gasteiger partial charge in [0.2, 0.25) is 0 Å². The lowest BCUT2D eigenvalue weighted by atomic mass is 10.1. The van der Waals surface area contributed by atoms with Crippen LogP contribution in [0.15, 0.2) is 146 Å². The van der Waals surface area contributed by atoms with Crippen LogP contribution in [0.2, 0.25) is 0 Å². The first-order chi connectivity index (χ1) is 33.5. The number of ether oxygens (including phenoxy) is 3. The van der Waals surface area contributed by atoms with E-state index in [-0.39, 0.29) is 50.4 Å². The van der Waals surface area contributed by atoms with Crippen molar-refractivity contribution in [2.75, 3.05) is 13.2 Å². The lowest BCUT2D eigenvalue weighted by Crippen LogP contribution is -2.30. The Morgan fingerprint density at radius 2 is 0.662 bits per heavy atom. The third kappa shape index (κ3) is 52.3. The zero-order valence-corrected chi connectivity index (χ0v) is 43.3. The molecule has 0 rings (SSSR count). The molecule has 0 saturated heterocycles. The van der Waals surface area contributed by atoms with E-state index in [1.165, 1.54) is 57.8 Å². The minimum atomic E-state index is -0.850. The summed E-state index contributed by atoms with van der Waals surface area (Å²) in [6.45, 7) is 6.32. The molecule has 0 aromatic rings. The van der Waals surface area contributed by atoms with Gasteiger partial charge in [-0.2, -0.15) is 0 Å². The molecule has 0 aliphatic heterocycles. The molecule has 0 amide bonds. The van der Waals surface area contributed by atoms with E-state index >= 15 is 0 Å². The topological polar surface area (TPSA) is 78.9 Å². The molecule has 1 unspecified atom stereocenters. The van der Waals surface area contributed by atoms with Crippen molar-refractivity contribution in [2.24, 2.45) is 0 Å². The SMILES string of the molecule is CC/C=C/C/C=C/C/C=C/C/C=C/C/C=C/C/C=C/CCC(=O)OCC(COC(=O)CC/C=C/C/C=C/CCCCCCCC)OC(=O)CCCCCCC/C=C/C=C/C=C/C=C/CCCCC. The van der Waals surface area contributed by atoms with E-state index in [4.69, 9.17) is 14.2 Å². The van der Waals surface area contributed by atoms with Crippen LogP contribution in [0.1, 0.15) is 207 Å². The maximum Gasteiger partial charge on any atom is 0.306 e. The predicted molar refractivity (Wildman–Crippen MR) is 292 cm³/mol. The summed E-state index contributed by atoms with van der Waals surface area (Å²) in [7, 11) is 0. The molecule has 0 aliphatic carbocycles. The van der Waals surface area contributed by atoms with Crippen LogP contribution in [-0.4, -0.2) is 37.2 Å². The van der Waals surface area contributed by atoms with Crippen LogP contribution in [0, 0.1) is 0 Å². The third-order valence-electron chi connectivity index (χ3n) is 10.7. The second-order valence-electron chi connectivity index (χ2n) is 17.1. The van der Waals surface area contributed by atoms with E-state index in [0.29, 0.717) is 12.8 Å². The fourth-order valence-electron chi connectivity index (χ4n) is 6.65. The third-order valence-corrected chi connectivity index (χ3v) is 10.7. The smallest absolute Gasteiger partial charge is 0.306 e. The normalized spacial score (nSPS) is 13.3. The highest BCUT2D eigenvalue weighted by atomic mass is 16.6. The number of allylic oxidation sites excluding steroid dienone is 24. The maximum atomic E-state index is 12.8. The molecule has 0 heterocycles. The number of esters is 3. The number of unbranched alkanes of at least 4 members (excludes halogenated alkanes) is 14. The van der Waals surface area contributed by atoms with Gasteiger partial charge >= 0.3 is 17.9 Å². The second kappa shape index (κ2) is 54.9. The molecular formula is C62H96O6. The van der Waals surface area contributed by atoms with Crippen LogP contribution < -0.4 is 0 Å². The summed E-state index contributed by atoms with van der Waals surface area (Å²) >= 11 is 0. The number of carbonyl (C=O) groups excluding carboxylic acids is 3. The Bertz CT molecular complexity index is 1540. The fourth-order valence-corrected chi connectivity index (χ4v) is 6.65. The number of rotatable bonds is 46.